The number of nitrogens with zero attached hydrogens (tertiary/aromatic N) is 3. The lowest BCUT2D eigenvalue weighted by atomic mass is 10.2. The zero-order valence-corrected chi connectivity index (χ0v) is 15.8. The number of benzene rings is 1. The summed E-state index contributed by atoms with van der Waals surface area (Å²) in [5.74, 6) is -1.73. The number of carbonyl (C=O) groups is 1. The molecule has 0 spiro atoms. The predicted molar refractivity (Wildman–Crippen MR) is 95.7 cm³/mol. The van der Waals surface area contributed by atoms with Crippen LogP contribution in [-0.4, -0.2) is 20.8 Å². The zero-order valence-electron chi connectivity index (χ0n) is 15.8. The first-order valence-electron chi connectivity index (χ1n) is 8.73. The molecule has 1 aromatic carbocycles. The van der Waals surface area contributed by atoms with Gasteiger partial charge >= 0.3 is 0 Å². The van der Waals surface area contributed by atoms with Gasteiger partial charge in [-0.3, -0.25) is 9.48 Å². The van der Waals surface area contributed by atoms with E-state index in [0.29, 0.717) is 11.3 Å². The lowest BCUT2D eigenvalue weighted by Crippen LogP contribution is -2.25. The Kier molecular flexibility index (Phi) is 5.72. The number of amides is 1. The van der Waals surface area contributed by atoms with Crippen molar-refractivity contribution < 1.29 is 22.8 Å². The molecule has 0 radical (unpaired) electrons. The number of aryl methyl sites for hydroxylation is 2. The fraction of sp³-hybridized carbons (Fsp3) is 0.316. The summed E-state index contributed by atoms with van der Waals surface area (Å²) >= 11 is 0. The molecule has 148 valence electrons. The highest BCUT2D eigenvalue weighted by Gasteiger charge is 2.21. The van der Waals surface area contributed by atoms with Gasteiger partial charge in [-0.15, -0.1) is 0 Å². The Morgan fingerprint density at radius 3 is 2.79 bits per heavy atom. The number of aromatic nitrogens is 3. The summed E-state index contributed by atoms with van der Waals surface area (Å²) in [4.78, 5) is 12.5. The third kappa shape index (κ3) is 4.03. The Morgan fingerprint density at radius 1 is 1.32 bits per heavy atom. The van der Waals surface area contributed by atoms with Crippen LogP contribution >= 0.6 is 0 Å². The molecule has 0 bridgehead atoms. The number of hydrogen-bond acceptors (Lipinski definition) is 5. The molecule has 0 fully saturated rings. The Hall–Kier alpha value is -3.23. The Labute approximate surface area is 160 Å². The van der Waals surface area contributed by atoms with Gasteiger partial charge in [-0.25, -0.2) is 8.78 Å². The summed E-state index contributed by atoms with van der Waals surface area (Å²) in [6.45, 7) is 6.41. The van der Waals surface area contributed by atoms with Crippen LogP contribution in [0.3, 0.4) is 0 Å². The van der Waals surface area contributed by atoms with Crippen molar-refractivity contribution in [1.29, 1.82) is 0 Å². The standard InChI is InChI=1S/C19H20F2N4O3/c1-4-25-11(2)13(9-23-25)8-22-19(26)18-15(12(3)28-24-18)10-27-17-6-5-14(20)7-16(17)21/h5-7,9H,4,8,10H2,1-3H3,(H,22,26). The van der Waals surface area contributed by atoms with Crippen molar-refractivity contribution in [2.45, 2.75) is 40.5 Å². The van der Waals surface area contributed by atoms with Crippen LogP contribution in [0.15, 0.2) is 28.9 Å². The molecule has 1 amide bonds. The Morgan fingerprint density at radius 2 is 2.11 bits per heavy atom. The second-order valence-electron chi connectivity index (χ2n) is 6.18. The third-order valence-corrected chi connectivity index (χ3v) is 4.41. The molecule has 28 heavy (non-hydrogen) atoms. The van der Waals surface area contributed by atoms with Crippen molar-refractivity contribution in [1.82, 2.24) is 20.3 Å². The maximum absolute atomic E-state index is 13.7. The summed E-state index contributed by atoms with van der Waals surface area (Å²) in [6.07, 6.45) is 1.70. The van der Waals surface area contributed by atoms with Crippen molar-refractivity contribution in [2.75, 3.05) is 0 Å². The molecule has 0 unspecified atom stereocenters. The van der Waals surface area contributed by atoms with E-state index in [1.165, 1.54) is 6.07 Å². The van der Waals surface area contributed by atoms with Crippen LogP contribution in [0.2, 0.25) is 0 Å². The molecule has 0 saturated carbocycles. The van der Waals surface area contributed by atoms with Gasteiger partial charge < -0.3 is 14.6 Å². The summed E-state index contributed by atoms with van der Waals surface area (Å²) in [5, 5.41) is 10.8. The van der Waals surface area contributed by atoms with E-state index < -0.39 is 17.5 Å². The van der Waals surface area contributed by atoms with Crippen molar-refractivity contribution in [2.24, 2.45) is 0 Å². The lowest BCUT2D eigenvalue weighted by Gasteiger charge is -2.08. The molecular formula is C19H20F2N4O3. The van der Waals surface area contributed by atoms with Gasteiger partial charge in [0, 0.05) is 30.4 Å². The van der Waals surface area contributed by atoms with Crippen molar-refractivity contribution in [3.63, 3.8) is 0 Å². The molecule has 0 aliphatic rings. The summed E-state index contributed by atoms with van der Waals surface area (Å²) in [6, 6.07) is 2.99. The van der Waals surface area contributed by atoms with Gasteiger partial charge in [0.1, 0.15) is 18.2 Å². The molecule has 0 atom stereocenters. The highest BCUT2D eigenvalue weighted by molar-refractivity contribution is 5.93. The SMILES string of the molecule is CCn1ncc(CNC(=O)c2noc(C)c2COc2ccc(F)cc2F)c1C. The van der Waals surface area contributed by atoms with E-state index in [9.17, 15) is 13.6 Å². The number of nitrogens with one attached hydrogen (secondary N) is 1. The molecule has 3 rings (SSSR count). The third-order valence-electron chi connectivity index (χ3n) is 4.41. The summed E-state index contributed by atoms with van der Waals surface area (Å²) in [5.41, 5.74) is 2.30. The van der Waals surface area contributed by atoms with Gasteiger partial charge in [-0.05, 0) is 32.9 Å². The fourth-order valence-corrected chi connectivity index (χ4v) is 2.72. The lowest BCUT2D eigenvalue weighted by molar-refractivity contribution is 0.0939. The highest BCUT2D eigenvalue weighted by atomic mass is 19.1. The molecule has 0 aliphatic heterocycles. The summed E-state index contributed by atoms with van der Waals surface area (Å²) in [7, 11) is 0. The Bertz CT molecular complexity index is 997. The number of rotatable bonds is 7. The fourth-order valence-electron chi connectivity index (χ4n) is 2.72. The van der Waals surface area contributed by atoms with E-state index in [-0.39, 0.29) is 24.6 Å². The minimum Gasteiger partial charge on any atom is -0.486 e. The van der Waals surface area contributed by atoms with Crippen LogP contribution in [0.25, 0.3) is 0 Å². The smallest absolute Gasteiger partial charge is 0.274 e. The second-order valence-corrected chi connectivity index (χ2v) is 6.18. The second kappa shape index (κ2) is 8.20. The number of carbonyl (C=O) groups excluding carboxylic acids is 1. The average molecular weight is 390 g/mol. The first kappa shape index (κ1) is 19.5. The van der Waals surface area contributed by atoms with E-state index in [1.54, 1.807) is 13.1 Å². The van der Waals surface area contributed by atoms with E-state index in [0.717, 1.165) is 29.9 Å². The number of halogens is 2. The van der Waals surface area contributed by atoms with Crippen LogP contribution < -0.4 is 10.1 Å². The molecule has 3 aromatic rings. The van der Waals surface area contributed by atoms with Gasteiger partial charge in [0.15, 0.2) is 17.3 Å². The molecule has 9 heteroatoms. The van der Waals surface area contributed by atoms with Crippen LogP contribution in [0.5, 0.6) is 5.75 Å². The zero-order chi connectivity index (χ0) is 20.3. The molecule has 0 saturated heterocycles. The van der Waals surface area contributed by atoms with Crippen LogP contribution in [0.1, 0.15) is 40.0 Å². The molecular weight excluding hydrogens is 370 g/mol. The van der Waals surface area contributed by atoms with E-state index in [4.69, 9.17) is 9.26 Å². The molecule has 2 aromatic heterocycles. The molecule has 0 aliphatic carbocycles. The summed E-state index contributed by atoms with van der Waals surface area (Å²) < 4.78 is 39.0. The minimum atomic E-state index is -0.830. The Balaban J connectivity index is 1.69. The number of ether oxygens (including phenoxy) is 1. The molecule has 7 nitrogen and oxygen atoms in total. The first-order valence-corrected chi connectivity index (χ1v) is 8.73. The first-order chi connectivity index (χ1) is 13.4. The van der Waals surface area contributed by atoms with Gasteiger partial charge in [0.05, 0.1) is 11.8 Å². The van der Waals surface area contributed by atoms with Crippen molar-refractivity contribution >= 4 is 5.91 Å². The van der Waals surface area contributed by atoms with Crippen molar-refractivity contribution in [3.8, 4) is 5.75 Å². The molecule has 1 N–H and O–H groups in total. The van der Waals surface area contributed by atoms with Gasteiger partial charge in [0.25, 0.3) is 5.91 Å². The van der Waals surface area contributed by atoms with Crippen LogP contribution in [-0.2, 0) is 19.7 Å². The minimum absolute atomic E-state index is 0.0561. The predicted octanol–water partition coefficient (Wildman–Crippen LogP) is 3.30. The van der Waals surface area contributed by atoms with E-state index in [2.05, 4.69) is 15.6 Å². The maximum atomic E-state index is 13.7. The van der Waals surface area contributed by atoms with Crippen molar-refractivity contribution in [3.05, 3.63) is 64.3 Å². The normalized spacial score (nSPS) is 10.9. The largest absolute Gasteiger partial charge is 0.486 e. The van der Waals surface area contributed by atoms with E-state index >= 15 is 0 Å². The molecule has 2 heterocycles. The van der Waals surface area contributed by atoms with Gasteiger partial charge in [-0.2, -0.15) is 5.10 Å². The maximum Gasteiger partial charge on any atom is 0.274 e. The quantitative estimate of drug-likeness (QED) is 0.669. The average Bonchev–Trinajstić information content (AvgIpc) is 3.21. The van der Waals surface area contributed by atoms with E-state index in [1.807, 2.05) is 18.5 Å². The van der Waals surface area contributed by atoms with Crippen LogP contribution in [0.4, 0.5) is 8.78 Å². The highest BCUT2D eigenvalue weighted by Crippen LogP contribution is 2.21. The number of hydrogen-bond donors (Lipinski definition) is 1. The topological polar surface area (TPSA) is 82.2 Å². The van der Waals surface area contributed by atoms with Gasteiger partial charge in [0.2, 0.25) is 0 Å². The van der Waals surface area contributed by atoms with Gasteiger partial charge in [-0.1, -0.05) is 5.16 Å². The van der Waals surface area contributed by atoms with Crippen LogP contribution in [0, 0.1) is 25.5 Å². The monoisotopic (exact) mass is 390 g/mol.